The summed E-state index contributed by atoms with van der Waals surface area (Å²) in [4.78, 5) is 45.7. The molecule has 1 aromatic rings. The molecule has 32 heavy (non-hydrogen) atoms. The predicted molar refractivity (Wildman–Crippen MR) is 120 cm³/mol. The molecular formula is C24H35N3O5. The zero-order valence-corrected chi connectivity index (χ0v) is 19.8. The minimum absolute atomic E-state index is 0.0538. The standard InChI is InChI=1S/C24H35N3O5/c1-17(2)19-16-25(3)10-11-26(19)21(28)14-24(18-8-6-7-9-20(18)32-5)15-22(29)27(23(24)30)12-13-31-4/h6-9,17,19H,10-16H2,1-5H3/t19-,24?/m1/s1. The van der Waals surface area contributed by atoms with E-state index in [1.165, 1.54) is 19.1 Å². The number of benzene rings is 1. The van der Waals surface area contributed by atoms with Gasteiger partial charge in [0.15, 0.2) is 0 Å². The van der Waals surface area contributed by atoms with Gasteiger partial charge in [-0.2, -0.15) is 0 Å². The lowest BCUT2D eigenvalue weighted by molar-refractivity contribution is -0.145. The number of likely N-dealkylation sites (N-methyl/N-ethyl adjacent to an activating group) is 1. The van der Waals surface area contributed by atoms with Gasteiger partial charge < -0.3 is 19.3 Å². The Hall–Kier alpha value is -2.45. The first-order valence-corrected chi connectivity index (χ1v) is 11.2. The van der Waals surface area contributed by atoms with Crippen LogP contribution in [0.4, 0.5) is 0 Å². The Balaban J connectivity index is 2.00. The Morgan fingerprint density at radius 2 is 1.91 bits per heavy atom. The number of ether oxygens (including phenoxy) is 2. The number of carbonyl (C=O) groups excluding carboxylic acids is 3. The molecule has 3 amide bonds. The van der Waals surface area contributed by atoms with E-state index in [9.17, 15) is 14.4 Å². The maximum Gasteiger partial charge on any atom is 0.241 e. The molecule has 1 unspecified atom stereocenters. The summed E-state index contributed by atoms with van der Waals surface area (Å²) in [5.74, 6) is 0.0477. The molecule has 1 aromatic carbocycles. The van der Waals surface area contributed by atoms with Gasteiger partial charge in [-0.05, 0) is 19.0 Å². The number of rotatable bonds is 8. The van der Waals surface area contributed by atoms with Crippen molar-refractivity contribution in [1.29, 1.82) is 0 Å². The molecule has 0 bridgehead atoms. The van der Waals surface area contributed by atoms with Crippen LogP contribution in [0.15, 0.2) is 24.3 Å². The molecule has 8 nitrogen and oxygen atoms in total. The van der Waals surface area contributed by atoms with Crippen LogP contribution in [0.3, 0.4) is 0 Å². The van der Waals surface area contributed by atoms with Gasteiger partial charge in [0.1, 0.15) is 5.75 Å². The molecule has 0 spiro atoms. The molecule has 2 aliphatic heterocycles. The van der Waals surface area contributed by atoms with E-state index in [2.05, 4.69) is 25.8 Å². The number of imide groups is 1. The molecule has 0 N–H and O–H groups in total. The zero-order chi connectivity index (χ0) is 23.5. The highest BCUT2D eigenvalue weighted by Crippen LogP contribution is 2.44. The lowest BCUT2D eigenvalue weighted by atomic mass is 9.75. The minimum atomic E-state index is -1.28. The predicted octanol–water partition coefficient (Wildman–Crippen LogP) is 1.53. The topological polar surface area (TPSA) is 79.4 Å². The minimum Gasteiger partial charge on any atom is -0.496 e. The number of para-hydroxylation sites is 1. The molecule has 2 aliphatic rings. The van der Waals surface area contributed by atoms with Gasteiger partial charge in [-0.15, -0.1) is 0 Å². The molecule has 2 heterocycles. The Labute approximate surface area is 190 Å². The third-order valence-corrected chi connectivity index (χ3v) is 6.71. The van der Waals surface area contributed by atoms with E-state index in [0.29, 0.717) is 17.9 Å². The highest BCUT2D eigenvalue weighted by atomic mass is 16.5. The zero-order valence-electron chi connectivity index (χ0n) is 19.8. The van der Waals surface area contributed by atoms with Gasteiger partial charge in [-0.1, -0.05) is 32.0 Å². The summed E-state index contributed by atoms with van der Waals surface area (Å²) >= 11 is 0. The second-order valence-corrected chi connectivity index (χ2v) is 9.14. The molecule has 8 heteroatoms. The average molecular weight is 446 g/mol. The van der Waals surface area contributed by atoms with E-state index >= 15 is 0 Å². The van der Waals surface area contributed by atoms with Crippen LogP contribution in [0.25, 0.3) is 0 Å². The monoisotopic (exact) mass is 445 g/mol. The highest BCUT2D eigenvalue weighted by Gasteiger charge is 2.55. The highest BCUT2D eigenvalue weighted by molar-refractivity contribution is 6.11. The van der Waals surface area contributed by atoms with Crippen molar-refractivity contribution in [2.75, 3.05) is 54.1 Å². The number of hydrogen-bond acceptors (Lipinski definition) is 6. The van der Waals surface area contributed by atoms with Crippen molar-refractivity contribution >= 4 is 17.7 Å². The first kappa shape index (κ1) is 24.2. The van der Waals surface area contributed by atoms with Crippen LogP contribution < -0.4 is 4.74 Å². The summed E-state index contributed by atoms with van der Waals surface area (Å²) in [6.45, 7) is 6.81. The van der Waals surface area contributed by atoms with Gasteiger partial charge >= 0.3 is 0 Å². The summed E-state index contributed by atoms with van der Waals surface area (Å²) < 4.78 is 10.6. The summed E-state index contributed by atoms with van der Waals surface area (Å²) in [7, 11) is 5.12. The van der Waals surface area contributed by atoms with Crippen molar-refractivity contribution in [1.82, 2.24) is 14.7 Å². The van der Waals surface area contributed by atoms with Crippen LogP contribution >= 0.6 is 0 Å². The number of amides is 3. The molecule has 0 radical (unpaired) electrons. The fourth-order valence-electron chi connectivity index (χ4n) is 4.89. The Morgan fingerprint density at radius 1 is 1.19 bits per heavy atom. The number of hydrogen-bond donors (Lipinski definition) is 0. The lowest BCUT2D eigenvalue weighted by Gasteiger charge is -2.43. The van der Waals surface area contributed by atoms with Crippen molar-refractivity contribution in [2.24, 2.45) is 5.92 Å². The number of carbonyl (C=O) groups is 3. The van der Waals surface area contributed by atoms with Crippen molar-refractivity contribution in [3.63, 3.8) is 0 Å². The van der Waals surface area contributed by atoms with Gasteiger partial charge in [0, 0.05) is 51.2 Å². The second kappa shape index (κ2) is 10.0. The van der Waals surface area contributed by atoms with Crippen LogP contribution in [-0.4, -0.2) is 92.5 Å². The maximum atomic E-state index is 13.7. The largest absolute Gasteiger partial charge is 0.496 e. The third kappa shape index (κ3) is 4.52. The lowest BCUT2D eigenvalue weighted by Crippen LogP contribution is -2.57. The van der Waals surface area contributed by atoms with Crippen LogP contribution in [0.2, 0.25) is 0 Å². The van der Waals surface area contributed by atoms with Crippen molar-refractivity contribution < 1.29 is 23.9 Å². The summed E-state index contributed by atoms with van der Waals surface area (Å²) in [6, 6.07) is 7.25. The van der Waals surface area contributed by atoms with Gasteiger partial charge in [0.25, 0.3) is 0 Å². The van der Waals surface area contributed by atoms with Crippen molar-refractivity contribution in [3.8, 4) is 5.75 Å². The molecule has 0 aromatic heterocycles. The van der Waals surface area contributed by atoms with E-state index in [0.717, 1.165) is 13.1 Å². The molecule has 0 saturated carbocycles. The smallest absolute Gasteiger partial charge is 0.241 e. The molecule has 2 atom stereocenters. The molecule has 176 valence electrons. The van der Waals surface area contributed by atoms with E-state index in [1.54, 1.807) is 12.1 Å². The molecule has 2 saturated heterocycles. The quantitative estimate of drug-likeness (QED) is 0.565. The first-order chi connectivity index (χ1) is 15.2. The van der Waals surface area contributed by atoms with E-state index in [1.807, 2.05) is 17.0 Å². The van der Waals surface area contributed by atoms with E-state index in [-0.39, 0.29) is 55.7 Å². The number of likely N-dealkylation sites (tertiary alicyclic amines) is 1. The SMILES string of the molecule is COCCN1C(=O)CC(CC(=O)N2CCN(C)C[C@@H]2C(C)C)(c2ccccc2OC)C1=O. The van der Waals surface area contributed by atoms with Crippen molar-refractivity contribution in [2.45, 2.75) is 38.1 Å². The van der Waals surface area contributed by atoms with Gasteiger partial charge in [0.2, 0.25) is 17.7 Å². The second-order valence-electron chi connectivity index (χ2n) is 9.14. The summed E-state index contributed by atoms with van der Waals surface area (Å²) in [5.41, 5.74) is -0.691. The number of methoxy groups -OCH3 is 2. The first-order valence-electron chi connectivity index (χ1n) is 11.2. The molecule has 3 rings (SSSR count). The van der Waals surface area contributed by atoms with E-state index in [4.69, 9.17) is 9.47 Å². The molecule has 2 fully saturated rings. The number of nitrogens with zero attached hydrogens (tertiary/aromatic N) is 3. The fraction of sp³-hybridized carbons (Fsp3) is 0.625. The Kier molecular flexibility index (Phi) is 7.56. The molecule has 0 aliphatic carbocycles. The van der Waals surface area contributed by atoms with Gasteiger partial charge in [-0.25, -0.2) is 0 Å². The summed E-state index contributed by atoms with van der Waals surface area (Å²) in [5, 5.41) is 0. The van der Waals surface area contributed by atoms with Crippen LogP contribution in [0, 0.1) is 5.92 Å². The maximum absolute atomic E-state index is 13.7. The van der Waals surface area contributed by atoms with Gasteiger partial charge in [-0.3, -0.25) is 19.3 Å². The molecular weight excluding hydrogens is 410 g/mol. The Morgan fingerprint density at radius 3 is 2.56 bits per heavy atom. The normalized spacial score (nSPS) is 24.5. The average Bonchev–Trinajstić information content (AvgIpc) is 3.01. The van der Waals surface area contributed by atoms with Crippen molar-refractivity contribution in [3.05, 3.63) is 29.8 Å². The van der Waals surface area contributed by atoms with Crippen LogP contribution in [0.5, 0.6) is 5.75 Å². The van der Waals surface area contributed by atoms with Gasteiger partial charge in [0.05, 0.1) is 25.7 Å². The van der Waals surface area contributed by atoms with Crippen LogP contribution in [0.1, 0.15) is 32.3 Å². The third-order valence-electron chi connectivity index (χ3n) is 6.71. The van der Waals surface area contributed by atoms with Crippen LogP contribution in [-0.2, 0) is 24.5 Å². The Bertz CT molecular complexity index is 858. The van der Waals surface area contributed by atoms with E-state index < -0.39 is 5.41 Å². The number of piperazine rings is 1. The fourth-order valence-corrected chi connectivity index (χ4v) is 4.89. The summed E-state index contributed by atoms with van der Waals surface area (Å²) in [6.07, 6.45) is -0.115.